The maximum atomic E-state index is 12.1. The van der Waals surface area contributed by atoms with Crippen LogP contribution in [-0.2, 0) is 11.8 Å². The number of nitrogens with two attached hydrogens (primary N) is 1. The largest absolute Gasteiger partial charge is 0.379 e. The average molecular weight is 432 g/mol. The van der Waals surface area contributed by atoms with Gasteiger partial charge in [-0.15, -0.1) is 0 Å². The van der Waals surface area contributed by atoms with E-state index in [1.807, 2.05) is 38.2 Å². The summed E-state index contributed by atoms with van der Waals surface area (Å²) in [4.78, 5) is 25.6. The summed E-state index contributed by atoms with van der Waals surface area (Å²) in [7, 11) is 3.49. The second kappa shape index (κ2) is 7.98. The summed E-state index contributed by atoms with van der Waals surface area (Å²) in [5.74, 6) is 5.00. The minimum Gasteiger partial charge on any atom is -0.379 e. The Morgan fingerprint density at radius 3 is 2.72 bits per heavy atom. The van der Waals surface area contributed by atoms with Crippen molar-refractivity contribution in [2.45, 2.75) is 25.4 Å². The number of nitrogens with zero attached hydrogens (tertiary/aromatic N) is 5. The maximum Gasteiger partial charge on any atom is 0.269 e. The molecule has 2 amide bonds. The minimum atomic E-state index is -1.42. The fourth-order valence-corrected chi connectivity index (χ4v) is 3.75. The van der Waals surface area contributed by atoms with Crippen LogP contribution in [0, 0.1) is 18.8 Å². The molecule has 3 N–H and O–H groups in total. The number of rotatable bonds is 4. The van der Waals surface area contributed by atoms with Gasteiger partial charge >= 0.3 is 0 Å². The van der Waals surface area contributed by atoms with Gasteiger partial charge in [-0.25, -0.2) is 4.68 Å². The summed E-state index contributed by atoms with van der Waals surface area (Å²) in [6.45, 7) is 2.42. The van der Waals surface area contributed by atoms with Gasteiger partial charge in [0, 0.05) is 62.1 Å². The highest BCUT2D eigenvalue weighted by Crippen LogP contribution is 2.27. The molecule has 0 saturated carbocycles. The summed E-state index contributed by atoms with van der Waals surface area (Å²) in [6, 6.07) is 7.31. The third kappa shape index (κ3) is 3.76. The van der Waals surface area contributed by atoms with Gasteiger partial charge in [0.05, 0.1) is 11.9 Å². The molecule has 1 saturated heterocycles. The minimum absolute atomic E-state index is 0.0679. The molecule has 0 unspecified atom stereocenters. The van der Waals surface area contributed by atoms with Crippen molar-refractivity contribution >= 4 is 11.8 Å². The predicted molar refractivity (Wildman–Crippen MR) is 118 cm³/mol. The van der Waals surface area contributed by atoms with Crippen LogP contribution in [-0.4, -0.2) is 60.6 Å². The second-order valence-corrected chi connectivity index (χ2v) is 8.00. The fourth-order valence-electron chi connectivity index (χ4n) is 3.75. The zero-order chi connectivity index (χ0) is 23.0. The van der Waals surface area contributed by atoms with E-state index in [0.717, 1.165) is 11.3 Å². The number of carbonyl (C=O) groups excluding carboxylic acids is 2. The quantitative estimate of drug-likeness (QED) is 0.597. The van der Waals surface area contributed by atoms with Gasteiger partial charge in [-0.3, -0.25) is 14.3 Å². The topological polar surface area (TPSA) is 119 Å². The van der Waals surface area contributed by atoms with Crippen LogP contribution in [0.3, 0.4) is 0 Å². The van der Waals surface area contributed by atoms with E-state index in [-0.39, 0.29) is 18.0 Å². The van der Waals surface area contributed by atoms with Crippen molar-refractivity contribution in [3.05, 3.63) is 53.6 Å². The molecule has 1 aliphatic rings. The van der Waals surface area contributed by atoms with Crippen molar-refractivity contribution in [1.29, 1.82) is 0 Å². The second-order valence-electron chi connectivity index (χ2n) is 8.00. The first-order valence-electron chi connectivity index (χ1n) is 10.2. The van der Waals surface area contributed by atoms with Crippen LogP contribution in [0.5, 0.6) is 0 Å². The van der Waals surface area contributed by atoms with Crippen molar-refractivity contribution in [3.8, 4) is 28.7 Å². The molecule has 32 heavy (non-hydrogen) atoms. The molecule has 0 spiro atoms. The van der Waals surface area contributed by atoms with Crippen molar-refractivity contribution in [2.75, 3.05) is 13.6 Å². The predicted octanol–water partition coefficient (Wildman–Crippen LogP) is 1.01. The number of hydrogen-bond donors (Lipinski definition) is 2. The molecular formula is C23H24N6O3. The number of carbonyl (C=O) groups is 2. The number of hydrogen-bond acceptors (Lipinski definition) is 5. The normalized spacial score (nSPS) is 18.0. The van der Waals surface area contributed by atoms with Gasteiger partial charge in [-0.1, -0.05) is 17.9 Å². The highest BCUT2D eigenvalue weighted by molar-refractivity contribution is 5.98. The van der Waals surface area contributed by atoms with Crippen molar-refractivity contribution in [2.24, 2.45) is 12.8 Å². The fraction of sp³-hybridized carbons (Fsp3) is 0.304. The van der Waals surface area contributed by atoms with Crippen LogP contribution in [0.25, 0.3) is 16.8 Å². The van der Waals surface area contributed by atoms with Crippen molar-refractivity contribution in [3.63, 3.8) is 0 Å². The summed E-state index contributed by atoms with van der Waals surface area (Å²) < 4.78 is 3.30. The standard InChI is InChI=1S/C23H24N6O3/c1-15-18(13-25-28(15)3)19-14-29(26-20(19)21(24)30)17-8-4-6-16(12-17)7-5-9-23(32)10-11-27(2)22(23)31/h4,6,8,12-14,32H,9-11H2,1-3H3,(H2,24,30)/t23-/m0/s1. The monoisotopic (exact) mass is 432 g/mol. The van der Waals surface area contributed by atoms with E-state index in [9.17, 15) is 14.7 Å². The molecule has 1 atom stereocenters. The Bertz CT molecular complexity index is 1280. The molecule has 9 nitrogen and oxygen atoms in total. The van der Waals surface area contributed by atoms with Crippen LogP contribution in [0.1, 0.15) is 34.6 Å². The Labute approximate surface area is 185 Å². The smallest absolute Gasteiger partial charge is 0.269 e. The van der Waals surface area contributed by atoms with Crippen molar-refractivity contribution in [1.82, 2.24) is 24.5 Å². The molecular weight excluding hydrogens is 408 g/mol. The van der Waals surface area contributed by atoms with E-state index >= 15 is 0 Å². The first kappa shape index (κ1) is 21.3. The van der Waals surface area contributed by atoms with E-state index in [4.69, 9.17) is 5.73 Å². The lowest BCUT2D eigenvalue weighted by atomic mass is 9.98. The summed E-state index contributed by atoms with van der Waals surface area (Å²) in [5, 5.41) is 19.1. The molecule has 2 aromatic heterocycles. The lowest BCUT2D eigenvalue weighted by molar-refractivity contribution is -0.141. The number of aliphatic hydroxyl groups is 1. The van der Waals surface area contributed by atoms with Gasteiger partial charge in [0.2, 0.25) is 0 Å². The summed E-state index contributed by atoms with van der Waals surface area (Å²) in [5.41, 5.74) is 7.96. The Hall–Kier alpha value is -3.90. The summed E-state index contributed by atoms with van der Waals surface area (Å²) in [6.07, 6.45) is 3.86. The van der Waals surface area contributed by atoms with Crippen molar-refractivity contribution < 1.29 is 14.7 Å². The Kier molecular flexibility index (Phi) is 5.32. The van der Waals surface area contributed by atoms with Gasteiger partial charge in [0.15, 0.2) is 11.3 Å². The van der Waals surface area contributed by atoms with Crippen LogP contribution in [0.4, 0.5) is 0 Å². The van der Waals surface area contributed by atoms with Crippen LogP contribution in [0.15, 0.2) is 36.7 Å². The van der Waals surface area contributed by atoms with Crippen LogP contribution >= 0.6 is 0 Å². The first-order chi connectivity index (χ1) is 15.2. The number of aromatic nitrogens is 4. The van der Waals surface area contributed by atoms with E-state index in [1.165, 1.54) is 4.90 Å². The third-order valence-corrected chi connectivity index (χ3v) is 5.80. The number of amides is 2. The lowest BCUT2D eigenvalue weighted by Crippen LogP contribution is -2.38. The summed E-state index contributed by atoms with van der Waals surface area (Å²) >= 11 is 0. The maximum absolute atomic E-state index is 12.1. The number of benzene rings is 1. The highest BCUT2D eigenvalue weighted by Gasteiger charge is 2.42. The van der Waals surface area contributed by atoms with Gasteiger partial charge in [-0.05, 0) is 25.1 Å². The third-order valence-electron chi connectivity index (χ3n) is 5.80. The van der Waals surface area contributed by atoms with Gasteiger partial charge in [0.1, 0.15) is 0 Å². The molecule has 0 bridgehead atoms. The molecule has 9 heteroatoms. The molecule has 3 heterocycles. The van der Waals surface area contributed by atoms with Gasteiger partial charge < -0.3 is 15.7 Å². The molecule has 0 aliphatic carbocycles. The Morgan fingerprint density at radius 1 is 1.31 bits per heavy atom. The number of likely N-dealkylation sites (N-methyl/N-ethyl adjacent to an activating group) is 1. The lowest BCUT2D eigenvalue weighted by Gasteiger charge is -2.17. The molecule has 4 rings (SSSR count). The zero-order valence-corrected chi connectivity index (χ0v) is 18.2. The van der Waals surface area contributed by atoms with E-state index in [2.05, 4.69) is 22.0 Å². The molecule has 1 aromatic carbocycles. The zero-order valence-electron chi connectivity index (χ0n) is 18.2. The SMILES string of the molecule is Cc1c(-c2cn(-c3cccc(C#CC[C@]4(O)CCN(C)C4=O)c3)nc2C(N)=O)cnn1C. The van der Waals surface area contributed by atoms with Gasteiger partial charge in [0.25, 0.3) is 11.8 Å². The molecule has 164 valence electrons. The van der Waals surface area contributed by atoms with Crippen LogP contribution < -0.4 is 5.73 Å². The van der Waals surface area contributed by atoms with E-state index < -0.39 is 11.5 Å². The number of likely N-dealkylation sites (tertiary alicyclic amines) is 1. The first-order valence-corrected chi connectivity index (χ1v) is 10.2. The Morgan fingerprint density at radius 2 is 2.09 bits per heavy atom. The van der Waals surface area contributed by atoms with Crippen LogP contribution in [0.2, 0.25) is 0 Å². The highest BCUT2D eigenvalue weighted by atomic mass is 16.3. The van der Waals surface area contributed by atoms with Gasteiger partial charge in [-0.2, -0.15) is 10.2 Å². The number of primary amides is 1. The van der Waals surface area contributed by atoms with E-state index in [0.29, 0.717) is 29.8 Å². The average Bonchev–Trinajstić information content (AvgIpc) is 3.42. The molecule has 1 aliphatic heterocycles. The molecule has 1 fully saturated rings. The van der Waals surface area contributed by atoms with E-state index in [1.54, 1.807) is 28.8 Å². The Balaban J connectivity index is 1.63. The molecule has 3 aromatic rings. The molecule has 0 radical (unpaired) electrons. The number of aryl methyl sites for hydroxylation is 1.